The Hall–Kier alpha value is -0.260. The van der Waals surface area contributed by atoms with Crippen molar-refractivity contribution >= 4 is 0 Å². The van der Waals surface area contributed by atoms with Crippen molar-refractivity contribution in [2.24, 2.45) is 11.8 Å². The van der Waals surface area contributed by atoms with Gasteiger partial charge in [0.1, 0.15) is 0 Å². The van der Waals surface area contributed by atoms with Crippen molar-refractivity contribution in [1.29, 1.82) is 0 Å². The van der Waals surface area contributed by atoms with Gasteiger partial charge in [0.25, 0.3) is 0 Å². The van der Waals surface area contributed by atoms with Gasteiger partial charge < -0.3 is 0 Å². The summed E-state index contributed by atoms with van der Waals surface area (Å²) in [5, 5.41) is 0. The van der Waals surface area contributed by atoms with Crippen molar-refractivity contribution in [3.8, 4) is 0 Å². The van der Waals surface area contributed by atoms with Crippen LogP contribution in [0.3, 0.4) is 0 Å². The zero-order valence-corrected chi connectivity index (χ0v) is 8.77. The third-order valence-electron chi connectivity index (χ3n) is 3.02. The van der Waals surface area contributed by atoms with Crippen LogP contribution in [0.4, 0.5) is 0 Å². The predicted octanol–water partition coefficient (Wildman–Crippen LogP) is 4.17. The maximum Gasteiger partial charge on any atom is -0.0206 e. The Morgan fingerprint density at radius 1 is 1.50 bits per heavy atom. The molecule has 0 amide bonds. The minimum Gasteiger partial charge on any atom is -0.0848 e. The van der Waals surface area contributed by atoms with Crippen molar-refractivity contribution < 1.29 is 0 Å². The molecule has 0 radical (unpaired) electrons. The fourth-order valence-corrected chi connectivity index (χ4v) is 2.26. The van der Waals surface area contributed by atoms with E-state index in [1.54, 1.807) is 5.57 Å². The molecule has 0 N–H and O–H groups in total. The molecule has 0 aliphatic heterocycles. The molecule has 0 heterocycles. The summed E-state index contributed by atoms with van der Waals surface area (Å²) in [6, 6.07) is 0. The van der Waals surface area contributed by atoms with Gasteiger partial charge in [-0.25, -0.2) is 0 Å². The van der Waals surface area contributed by atoms with Crippen LogP contribution in [0, 0.1) is 11.8 Å². The molecule has 0 aromatic carbocycles. The molecule has 12 heavy (non-hydrogen) atoms. The number of rotatable bonds is 4. The van der Waals surface area contributed by atoms with Crippen LogP contribution in [0.5, 0.6) is 0 Å². The largest absolute Gasteiger partial charge is 0.0848 e. The van der Waals surface area contributed by atoms with E-state index in [1.807, 2.05) is 0 Å². The molecular formula is C12H22. The fourth-order valence-electron chi connectivity index (χ4n) is 2.26. The summed E-state index contributed by atoms with van der Waals surface area (Å²) in [6.07, 6.45) is 9.27. The van der Waals surface area contributed by atoms with Gasteiger partial charge in [-0.05, 0) is 37.5 Å². The zero-order valence-electron chi connectivity index (χ0n) is 8.77. The lowest BCUT2D eigenvalue weighted by molar-refractivity contribution is 0.502. The Kier molecular flexibility index (Phi) is 3.84. The number of hydrogen-bond acceptors (Lipinski definition) is 0. The molecule has 0 nitrogen and oxygen atoms in total. The van der Waals surface area contributed by atoms with Crippen LogP contribution in [0.1, 0.15) is 52.9 Å². The SMILES string of the molecule is CCCC(CC)C1=CCC(C)C1. The lowest BCUT2D eigenvalue weighted by Crippen LogP contribution is -2.01. The van der Waals surface area contributed by atoms with Gasteiger partial charge >= 0.3 is 0 Å². The standard InChI is InChI=1S/C12H22/c1-4-6-11(5-2)12-8-7-10(3)9-12/h8,10-11H,4-7,9H2,1-3H3. The van der Waals surface area contributed by atoms with E-state index in [9.17, 15) is 0 Å². The summed E-state index contributed by atoms with van der Waals surface area (Å²) in [5.41, 5.74) is 1.76. The van der Waals surface area contributed by atoms with Crippen LogP contribution < -0.4 is 0 Å². The predicted molar refractivity (Wildman–Crippen MR) is 55.2 cm³/mol. The van der Waals surface area contributed by atoms with Crippen LogP contribution in [0.2, 0.25) is 0 Å². The first-order valence-electron chi connectivity index (χ1n) is 5.46. The molecule has 2 unspecified atom stereocenters. The van der Waals surface area contributed by atoms with Crippen LogP contribution in [0.25, 0.3) is 0 Å². The van der Waals surface area contributed by atoms with Gasteiger partial charge in [-0.3, -0.25) is 0 Å². The first-order chi connectivity index (χ1) is 5.77. The minimum atomic E-state index is 0.903. The molecule has 1 aliphatic carbocycles. The molecule has 0 saturated carbocycles. The highest BCUT2D eigenvalue weighted by atomic mass is 14.2. The minimum absolute atomic E-state index is 0.903. The monoisotopic (exact) mass is 166 g/mol. The van der Waals surface area contributed by atoms with Gasteiger partial charge in [-0.15, -0.1) is 0 Å². The van der Waals surface area contributed by atoms with E-state index >= 15 is 0 Å². The average molecular weight is 166 g/mol. The molecule has 0 bridgehead atoms. The first kappa shape index (κ1) is 9.83. The van der Waals surface area contributed by atoms with Gasteiger partial charge in [0.15, 0.2) is 0 Å². The summed E-state index contributed by atoms with van der Waals surface area (Å²) in [5.74, 6) is 1.82. The Bertz CT molecular complexity index is 155. The summed E-state index contributed by atoms with van der Waals surface area (Å²) in [4.78, 5) is 0. The number of allylic oxidation sites excluding steroid dienone is 2. The fraction of sp³-hybridized carbons (Fsp3) is 0.833. The summed E-state index contributed by atoms with van der Waals surface area (Å²) < 4.78 is 0. The molecule has 0 fully saturated rings. The first-order valence-corrected chi connectivity index (χ1v) is 5.46. The van der Waals surface area contributed by atoms with E-state index in [2.05, 4.69) is 26.8 Å². The molecule has 0 aromatic heterocycles. The average Bonchev–Trinajstić information content (AvgIpc) is 2.47. The van der Waals surface area contributed by atoms with Crippen molar-refractivity contribution in [1.82, 2.24) is 0 Å². The summed E-state index contributed by atoms with van der Waals surface area (Å²) in [7, 11) is 0. The third-order valence-corrected chi connectivity index (χ3v) is 3.02. The number of hydrogen-bond donors (Lipinski definition) is 0. The zero-order chi connectivity index (χ0) is 8.97. The Labute approximate surface area is 77.1 Å². The van der Waals surface area contributed by atoms with E-state index in [0.29, 0.717) is 0 Å². The van der Waals surface area contributed by atoms with Crippen LogP contribution in [-0.4, -0.2) is 0 Å². The molecule has 0 heteroatoms. The van der Waals surface area contributed by atoms with E-state index in [0.717, 1.165) is 11.8 Å². The quantitative estimate of drug-likeness (QED) is 0.550. The molecule has 1 rings (SSSR count). The maximum absolute atomic E-state index is 2.49. The lowest BCUT2D eigenvalue weighted by atomic mass is 9.90. The molecular weight excluding hydrogens is 144 g/mol. The van der Waals surface area contributed by atoms with Crippen LogP contribution in [0.15, 0.2) is 11.6 Å². The van der Waals surface area contributed by atoms with Gasteiger partial charge in [0.05, 0.1) is 0 Å². The topological polar surface area (TPSA) is 0 Å². The van der Waals surface area contributed by atoms with Crippen LogP contribution >= 0.6 is 0 Å². The summed E-state index contributed by atoms with van der Waals surface area (Å²) in [6.45, 7) is 6.98. The molecule has 70 valence electrons. The molecule has 0 saturated heterocycles. The molecule has 1 aliphatic rings. The van der Waals surface area contributed by atoms with Gasteiger partial charge in [0.2, 0.25) is 0 Å². The molecule has 0 aromatic rings. The lowest BCUT2D eigenvalue weighted by Gasteiger charge is -2.15. The van der Waals surface area contributed by atoms with E-state index < -0.39 is 0 Å². The van der Waals surface area contributed by atoms with Crippen molar-refractivity contribution in [2.75, 3.05) is 0 Å². The van der Waals surface area contributed by atoms with E-state index in [1.165, 1.54) is 32.1 Å². The highest BCUT2D eigenvalue weighted by Gasteiger charge is 2.18. The van der Waals surface area contributed by atoms with E-state index in [-0.39, 0.29) is 0 Å². The highest BCUT2D eigenvalue weighted by Crippen LogP contribution is 2.33. The second-order valence-corrected chi connectivity index (χ2v) is 4.22. The van der Waals surface area contributed by atoms with Gasteiger partial charge in [0, 0.05) is 0 Å². The molecule has 2 atom stereocenters. The highest BCUT2D eigenvalue weighted by molar-refractivity contribution is 5.13. The smallest absolute Gasteiger partial charge is 0.0206 e. The van der Waals surface area contributed by atoms with Crippen LogP contribution in [-0.2, 0) is 0 Å². The second kappa shape index (κ2) is 4.69. The third kappa shape index (κ3) is 2.36. The molecule has 0 spiro atoms. The van der Waals surface area contributed by atoms with E-state index in [4.69, 9.17) is 0 Å². The maximum atomic E-state index is 2.49. The van der Waals surface area contributed by atoms with Gasteiger partial charge in [-0.2, -0.15) is 0 Å². The van der Waals surface area contributed by atoms with Crippen molar-refractivity contribution in [3.63, 3.8) is 0 Å². The normalized spacial score (nSPS) is 25.6. The Balaban J connectivity index is 2.43. The van der Waals surface area contributed by atoms with Crippen molar-refractivity contribution in [2.45, 2.75) is 52.9 Å². The Morgan fingerprint density at radius 2 is 2.25 bits per heavy atom. The summed E-state index contributed by atoms with van der Waals surface area (Å²) >= 11 is 0. The van der Waals surface area contributed by atoms with Gasteiger partial charge in [-0.1, -0.05) is 38.8 Å². The van der Waals surface area contributed by atoms with Crippen molar-refractivity contribution in [3.05, 3.63) is 11.6 Å². The Morgan fingerprint density at radius 3 is 2.67 bits per heavy atom. The second-order valence-electron chi connectivity index (χ2n) is 4.22.